The Balaban J connectivity index is 0.883. The standard InChI is InChI=1S/C45H60N2O5/c1-50-41-29-23-36(24-30-41)44-43(45(52-47-44)37-21-25-39(48)26-22-37)34-40(49)18-13-11-9-7-5-3-2-4-6-8-10-12-16-35-19-27-42(28-20-35)51-33-31-38-17-14-15-32-46-38/h19-30,38,46,48H,2-18,31-34H2,1H3. The molecule has 4 aromatic rings. The first-order chi connectivity index (χ1) is 25.6. The van der Waals surface area contributed by atoms with Gasteiger partial charge in [-0.2, -0.15) is 0 Å². The average Bonchev–Trinajstić information content (AvgIpc) is 3.59. The van der Waals surface area contributed by atoms with Gasteiger partial charge >= 0.3 is 0 Å². The van der Waals surface area contributed by atoms with Crippen LogP contribution < -0.4 is 14.8 Å². The van der Waals surface area contributed by atoms with Crippen LogP contribution in [0.3, 0.4) is 0 Å². The van der Waals surface area contributed by atoms with E-state index in [4.69, 9.17) is 14.0 Å². The summed E-state index contributed by atoms with van der Waals surface area (Å²) in [5.41, 5.74) is 4.53. The van der Waals surface area contributed by atoms with Crippen molar-refractivity contribution >= 4 is 5.78 Å². The Morgan fingerprint density at radius 2 is 1.38 bits per heavy atom. The largest absolute Gasteiger partial charge is 0.508 e. The molecule has 0 bridgehead atoms. The third-order valence-corrected chi connectivity index (χ3v) is 10.4. The number of hydrogen-bond acceptors (Lipinski definition) is 7. The van der Waals surface area contributed by atoms with E-state index in [1.807, 2.05) is 24.3 Å². The van der Waals surface area contributed by atoms with Gasteiger partial charge in [-0.25, -0.2) is 0 Å². The van der Waals surface area contributed by atoms with E-state index in [-0.39, 0.29) is 18.0 Å². The van der Waals surface area contributed by atoms with Gasteiger partial charge in [-0.05, 0) is 111 Å². The van der Waals surface area contributed by atoms with Crippen molar-refractivity contribution in [1.82, 2.24) is 10.5 Å². The van der Waals surface area contributed by atoms with Gasteiger partial charge in [0.05, 0.1) is 13.7 Å². The van der Waals surface area contributed by atoms with Crippen LogP contribution >= 0.6 is 0 Å². The number of hydrogen-bond donors (Lipinski definition) is 2. The van der Waals surface area contributed by atoms with E-state index in [2.05, 4.69) is 34.7 Å². The molecule has 3 aromatic carbocycles. The molecule has 0 aliphatic carbocycles. The van der Waals surface area contributed by atoms with E-state index in [0.29, 0.717) is 23.9 Å². The van der Waals surface area contributed by atoms with Crippen LogP contribution in [-0.2, 0) is 17.6 Å². The molecule has 1 saturated heterocycles. The zero-order valence-corrected chi connectivity index (χ0v) is 31.4. The molecule has 1 aliphatic heterocycles. The number of benzene rings is 3. The second kappa shape index (κ2) is 22.1. The van der Waals surface area contributed by atoms with Gasteiger partial charge in [-0.3, -0.25) is 4.79 Å². The fourth-order valence-electron chi connectivity index (χ4n) is 7.23. The third-order valence-electron chi connectivity index (χ3n) is 10.4. The van der Waals surface area contributed by atoms with Crippen molar-refractivity contribution in [1.29, 1.82) is 0 Å². The maximum Gasteiger partial charge on any atom is 0.171 e. The summed E-state index contributed by atoms with van der Waals surface area (Å²) in [6.07, 6.45) is 21.9. The lowest BCUT2D eigenvalue weighted by Crippen LogP contribution is -2.35. The van der Waals surface area contributed by atoms with Crippen LogP contribution in [0.2, 0.25) is 0 Å². The minimum atomic E-state index is 0.180. The predicted octanol–water partition coefficient (Wildman–Crippen LogP) is 11.1. The number of carbonyl (C=O) groups is 1. The number of phenols is 1. The fraction of sp³-hybridized carbons (Fsp3) is 0.511. The van der Waals surface area contributed by atoms with E-state index in [0.717, 1.165) is 67.0 Å². The average molecular weight is 709 g/mol. The Bertz CT molecular complexity index is 1570. The van der Waals surface area contributed by atoms with Crippen LogP contribution in [0.25, 0.3) is 22.6 Å². The number of ether oxygens (including phenoxy) is 2. The van der Waals surface area contributed by atoms with Gasteiger partial charge in [-0.1, -0.05) is 87.9 Å². The first-order valence-electron chi connectivity index (χ1n) is 20.0. The summed E-state index contributed by atoms with van der Waals surface area (Å²) < 4.78 is 17.1. The summed E-state index contributed by atoms with van der Waals surface area (Å²) in [5.74, 6) is 2.70. The van der Waals surface area contributed by atoms with E-state index in [9.17, 15) is 9.90 Å². The van der Waals surface area contributed by atoms with Gasteiger partial charge in [0, 0.05) is 35.6 Å². The second-order valence-electron chi connectivity index (χ2n) is 14.5. The zero-order chi connectivity index (χ0) is 36.2. The summed E-state index contributed by atoms with van der Waals surface area (Å²) >= 11 is 0. The molecule has 0 saturated carbocycles. The van der Waals surface area contributed by atoms with Gasteiger partial charge in [0.1, 0.15) is 28.7 Å². The summed E-state index contributed by atoms with van der Waals surface area (Å²) in [5, 5.41) is 17.7. The lowest BCUT2D eigenvalue weighted by molar-refractivity contribution is -0.118. The molecule has 2 N–H and O–H groups in total. The summed E-state index contributed by atoms with van der Waals surface area (Å²) in [6.45, 7) is 1.95. The number of piperidine rings is 1. The summed E-state index contributed by atoms with van der Waals surface area (Å²) in [7, 11) is 1.64. The number of aromatic nitrogens is 1. The van der Waals surface area contributed by atoms with Crippen molar-refractivity contribution in [3.05, 3.63) is 83.9 Å². The van der Waals surface area contributed by atoms with Crippen LogP contribution in [0.1, 0.15) is 120 Å². The number of rotatable bonds is 24. The van der Waals surface area contributed by atoms with Crippen molar-refractivity contribution in [3.8, 4) is 39.8 Å². The van der Waals surface area contributed by atoms with Crippen molar-refractivity contribution in [2.24, 2.45) is 0 Å². The molecular formula is C45H60N2O5. The van der Waals surface area contributed by atoms with Gasteiger partial charge in [-0.15, -0.1) is 0 Å². The molecule has 280 valence electrons. The van der Waals surface area contributed by atoms with E-state index >= 15 is 0 Å². The molecule has 1 fully saturated rings. The SMILES string of the molecule is COc1ccc(-c2noc(-c3ccc(O)cc3)c2CC(=O)CCCCCCCCCCCCCCc2ccc(OCCC3CCCCN3)cc2)cc1. The highest BCUT2D eigenvalue weighted by molar-refractivity contribution is 5.86. The van der Waals surface area contributed by atoms with E-state index < -0.39 is 0 Å². The number of Topliss-reactive ketones (excluding diaryl/α,β-unsaturated/α-hetero) is 1. The van der Waals surface area contributed by atoms with Gasteiger partial charge in [0.25, 0.3) is 0 Å². The maximum absolute atomic E-state index is 13.2. The number of nitrogens with zero attached hydrogens (tertiary/aromatic N) is 1. The molecule has 1 aromatic heterocycles. The quantitative estimate of drug-likeness (QED) is 0.0700. The highest BCUT2D eigenvalue weighted by Crippen LogP contribution is 2.34. The third kappa shape index (κ3) is 13.1. The van der Waals surface area contributed by atoms with Crippen molar-refractivity contribution in [2.45, 2.75) is 128 Å². The van der Waals surface area contributed by atoms with Gasteiger partial charge in [0.15, 0.2) is 5.76 Å². The van der Waals surface area contributed by atoms with E-state index in [1.165, 1.54) is 89.0 Å². The molecule has 52 heavy (non-hydrogen) atoms. The lowest BCUT2D eigenvalue weighted by atomic mass is 9.96. The molecular weight excluding hydrogens is 649 g/mol. The molecule has 0 amide bonds. The van der Waals surface area contributed by atoms with Crippen molar-refractivity contribution in [3.63, 3.8) is 0 Å². The van der Waals surface area contributed by atoms with Gasteiger partial charge in [0.2, 0.25) is 0 Å². The van der Waals surface area contributed by atoms with Gasteiger partial charge < -0.3 is 24.4 Å². The number of ketones is 1. The predicted molar refractivity (Wildman–Crippen MR) is 210 cm³/mol. The van der Waals surface area contributed by atoms with Crippen LogP contribution in [0, 0.1) is 0 Å². The Morgan fingerprint density at radius 1 is 0.769 bits per heavy atom. The summed E-state index contributed by atoms with van der Waals surface area (Å²) in [6, 6.07) is 23.8. The number of carbonyl (C=O) groups excluding carboxylic acids is 1. The molecule has 0 spiro atoms. The fourth-order valence-corrected chi connectivity index (χ4v) is 7.23. The number of methoxy groups -OCH3 is 1. The Labute approximate surface area is 311 Å². The highest BCUT2D eigenvalue weighted by atomic mass is 16.5. The number of nitrogens with one attached hydrogen (secondary N) is 1. The summed E-state index contributed by atoms with van der Waals surface area (Å²) in [4.78, 5) is 13.2. The highest BCUT2D eigenvalue weighted by Gasteiger charge is 2.22. The van der Waals surface area contributed by atoms with Crippen LogP contribution in [0.15, 0.2) is 77.3 Å². The molecule has 2 heterocycles. The number of aromatic hydroxyl groups is 1. The minimum Gasteiger partial charge on any atom is -0.508 e. The Kier molecular flexibility index (Phi) is 16.6. The minimum absolute atomic E-state index is 0.180. The number of aryl methyl sites for hydroxylation is 1. The lowest BCUT2D eigenvalue weighted by Gasteiger charge is -2.23. The normalized spacial score (nSPS) is 14.4. The van der Waals surface area contributed by atoms with Crippen molar-refractivity contribution in [2.75, 3.05) is 20.3 Å². The number of phenolic OH excluding ortho intramolecular Hbond substituents is 1. The Hall–Kier alpha value is -4.10. The first-order valence-corrected chi connectivity index (χ1v) is 20.0. The molecule has 0 radical (unpaired) electrons. The van der Waals surface area contributed by atoms with Crippen molar-refractivity contribution < 1.29 is 23.9 Å². The molecule has 7 nitrogen and oxygen atoms in total. The van der Waals surface area contributed by atoms with Crippen LogP contribution in [0.5, 0.6) is 17.2 Å². The second-order valence-corrected chi connectivity index (χ2v) is 14.5. The molecule has 1 unspecified atom stereocenters. The van der Waals surface area contributed by atoms with E-state index in [1.54, 1.807) is 31.4 Å². The smallest absolute Gasteiger partial charge is 0.171 e. The molecule has 1 aliphatic rings. The molecule has 1 atom stereocenters. The maximum atomic E-state index is 13.2. The Morgan fingerprint density at radius 3 is 2.02 bits per heavy atom. The molecule has 7 heteroatoms. The van der Waals surface area contributed by atoms with Crippen LogP contribution in [0.4, 0.5) is 0 Å². The first kappa shape index (κ1) is 39.1. The van der Waals surface area contributed by atoms with Crippen LogP contribution in [-0.4, -0.2) is 42.3 Å². The number of unbranched alkanes of at least 4 members (excludes halogenated alkanes) is 11. The monoisotopic (exact) mass is 708 g/mol. The zero-order valence-electron chi connectivity index (χ0n) is 31.4. The topological polar surface area (TPSA) is 93.8 Å². The molecule has 5 rings (SSSR count).